The van der Waals surface area contributed by atoms with Crippen LogP contribution in [0.3, 0.4) is 0 Å². The van der Waals surface area contributed by atoms with Crippen LogP contribution in [0.25, 0.3) is 11.6 Å². The molecule has 0 bridgehead atoms. The van der Waals surface area contributed by atoms with Gasteiger partial charge in [-0.2, -0.15) is 0 Å². The number of carbonyl (C=O) groups is 1. The molecule has 0 aliphatic heterocycles. The molecule has 6 nitrogen and oxygen atoms in total. The number of nitrogens with one attached hydrogen (secondary N) is 1. The summed E-state index contributed by atoms with van der Waals surface area (Å²) in [6, 6.07) is 8.08. The number of nitro groups is 1. The van der Waals surface area contributed by atoms with Crippen molar-refractivity contribution in [2.24, 2.45) is 0 Å². The molecule has 6 heteroatoms. The number of ether oxygens (including phenoxy) is 1. The second kappa shape index (κ2) is 6.91. The first-order valence-electron chi connectivity index (χ1n) is 7.22. The number of hydrogen-bond acceptors (Lipinski definition) is 4. The van der Waals surface area contributed by atoms with Crippen molar-refractivity contribution in [1.82, 2.24) is 4.98 Å². The summed E-state index contributed by atoms with van der Waals surface area (Å²) in [6.07, 6.45) is 1.60. The van der Waals surface area contributed by atoms with Crippen LogP contribution in [0.15, 0.2) is 30.3 Å². The van der Waals surface area contributed by atoms with Crippen molar-refractivity contribution in [3.63, 3.8) is 0 Å². The highest BCUT2D eigenvalue weighted by molar-refractivity contribution is 6.22. The molecular weight excluding hydrogens is 296 g/mol. The average molecular weight is 314 g/mol. The Morgan fingerprint density at radius 3 is 2.61 bits per heavy atom. The quantitative estimate of drug-likeness (QED) is 0.395. The van der Waals surface area contributed by atoms with Gasteiger partial charge in [0.05, 0.1) is 22.7 Å². The first-order valence-corrected chi connectivity index (χ1v) is 7.22. The lowest BCUT2D eigenvalue weighted by Gasteiger charge is -2.08. The van der Waals surface area contributed by atoms with E-state index in [1.54, 1.807) is 31.2 Å². The topological polar surface area (TPSA) is 85.2 Å². The summed E-state index contributed by atoms with van der Waals surface area (Å²) in [5, 5.41) is 11.2. The fourth-order valence-electron chi connectivity index (χ4n) is 2.36. The molecule has 0 aliphatic carbocycles. The molecule has 2 rings (SSSR count). The summed E-state index contributed by atoms with van der Waals surface area (Å²) in [5.74, 6) is -0.589. The third-order valence-corrected chi connectivity index (χ3v) is 3.36. The van der Waals surface area contributed by atoms with E-state index in [1.165, 1.54) is 6.07 Å². The molecule has 0 saturated carbocycles. The zero-order valence-corrected chi connectivity index (χ0v) is 13.3. The fourth-order valence-corrected chi connectivity index (χ4v) is 2.36. The third-order valence-electron chi connectivity index (χ3n) is 3.36. The number of aromatic amines is 1. The van der Waals surface area contributed by atoms with Crippen LogP contribution in [0.1, 0.15) is 29.4 Å². The summed E-state index contributed by atoms with van der Waals surface area (Å²) in [6.45, 7) is 5.69. The maximum atomic E-state index is 12.3. The molecule has 0 radical (unpaired) electrons. The molecular formula is C17H18N2O4. The Kier molecular flexibility index (Phi) is 4.95. The van der Waals surface area contributed by atoms with Gasteiger partial charge < -0.3 is 9.72 Å². The van der Waals surface area contributed by atoms with Crippen molar-refractivity contribution < 1.29 is 14.5 Å². The molecule has 1 heterocycles. The van der Waals surface area contributed by atoms with Crippen LogP contribution in [0.5, 0.6) is 0 Å². The van der Waals surface area contributed by atoms with Gasteiger partial charge in [-0.15, -0.1) is 0 Å². The normalized spacial score (nSPS) is 11.3. The van der Waals surface area contributed by atoms with Crippen molar-refractivity contribution >= 4 is 23.3 Å². The van der Waals surface area contributed by atoms with Gasteiger partial charge in [0.1, 0.15) is 0 Å². The van der Waals surface area contributed by atoms with Crippen molar-refractivity contribution in [2.75, 3.05) is 6.61 Å². The minimum Gasteiger partial charge on any atom is -0.462 e. The molecule has 0 fully saturated rings. The Balaban J connectivity index is 2.62. The number of aryl methyl sites for hydroxylation is 2. The Bertz CT molecular complexity index is 775. The molecule has 1 N–H and O–H groups in total. The van der Waals surface area contributed by atoms with E-state index in [1.807, 2.05) is 19.9 Å². The monoisotopic (exact) mass is 314 g/mol. The highest BCUT2D eigenvalue weighted by atomic mass is 16.6. The van der Waals surface area contributed by atoms with Crippen LogP contribution in [0.2, 0.25) is 0 Å². The zero-order chi connectivity index (χ0) is 17.0. The number of nitrogens with zero attached hydrogens (tertiary/aromatic N) is 1. The van der Waals surface area contributed by atoms with Gasteiger partial charge in [0.15, 0.2) is 0 Å². The largest absolute Gasteiger partial charge is 0.462 e. The van der Waals surface area contributed by atoms with Crippen molar-refractivity contribution in [2.45, 2.75) is 20.8 Å². The van der Waals surface area contributed by atoms with E-state index in [0.29, 0.717) is 0 Å². The van der Waals surface area contributed by atoms with Crippen LogP contribution in [0.4, 0.5) is 5.69 Å². The van der Waals surface area contributed by atoms with Crippen molar-refractivity contribution in [3.8, 4) is 0 Å². The lowest BCUT2D eigenvalue weighted by atomic mass is 10.0. The van der Waals surface area contributed by atoms with Crippen molar-refractivity contribution in [1.29, 1.82) is 0 Å². The van der Waals surface area contributed by atoms with E-state index in [0.717, 1.165) is 17.0 Å². The predicted octanol–water partition coefficient (Wildman–Crippen LogP) is 3.64. The molecule has 0 saturated heterocycles. The maximum absolute atomic E-state index is 12.3. The van der Waals surface area contributed by atoms with Gasteiger partial charge in [0, 0.05) is 17.5 Å². The van der Waals surface area contributed by atoms with Crippen LogP contribution >= 0.6 is 0 Å². The third kappa shape index (κ3) is 3.66. The molecule has 1 aromatic carbocycles. The van der Waals surface area contributed by atoms with E-state index in [4.69, 9.17) is 4.74 Å². The Morgan fingerprint density at radius 2 is 2.04 bits per heavy atom. The first kappa shape index (κ1) is 16.5. The van der Waals surface area contributed by atoms with Crippen LogP contribution in [-0.4, -0.2) is 22.5 Å². The standard InChI is InChI=1S/C17H18N2O4/c1-4-23-17(20)14(10-15-11(2)9-12(3)18-15)13-7-5-6-8-16(13)19(21)22/h5-10,18H,4H2,1-3H3/b14-10-. The molecule has 0 spiro atoms. The molecule has 0 amide bonds. The number of hydrogen-bond donors (Lipinski definition) is 1. The Hall–Kier alpha value is -2.89. The predicted molar refractivity (Wildman–Crippen MR) is 87.9 cm³/mol. The van der Waals surface area contributed by atoms with Gasteiger partial charge in [0.25, 0.3) is 5.69 Å². The minimum absolute atomic E-state index is 0.132. The summed E-state index contributed by atoms with van der Waals surface area (Å²) >= 11 is 0. The number of rotatable bonds is 5. The highest BCUT2D eigenvalue weighted by Crippen LogP contribution is 2.29. The second-order valence-electron chi connectivity index (χ2n) is 5.10. The summed E-state index contributed by atoms with van der Waals surface area (Å²) in [5.41, 5.74) is 2.88. The fraction of sp³-hybridized carbons (Fsp3) is 0.235. The average Bonchev–Trinajstić information content (AvgIpc) is 2.82. The number of para-hydroxylation sites is 1. The minimum atomic E-state index is -0.589. The number of aromatic nitrogens is 1. The van der Waals surface area contributed by atoms with Gasteiger partial charge in [-0.3, -0.25) is 10.1 Å². The molecule has 23 heavy (non-hydrogen) atoms. The zero-order valence-electron chi connectivity index (χ0n) is 13.3. The molecule has 0 atom stereocenters. The Morgan fingerprint density at radius 1 is 1.35 bits per heavy atom. The number of esters is 1. The molecule has 0 aliphatic rings. The summed E-state index contributed by atoms with van der Waals surface area (Å²) in [4.78, 5) is 26.2. The lowest BCUT2D eigenvalue weighted by molar-refractivity contribution is -0.385. The van der Waals surface area contributed by atoms with Gasteiger partial charge in [-0.1, -0.05) is 12.1 Å². The number of carbonyl (C=O) groups excluding carboxylic acids is 1. The highest BCUT2D eigenvalue weighted by Gasteiger charge is 2.23. The van der Waals surface area contributed by atoms with Gasteiger partial charge in [-0.05, 0) is 44.5 Å². The van der Waals surface area contributed by atoms with Gasteiger partial charge in [-0.25, -0.2) is 4.79 Å². The van der Waals surface area contributed by atoms with E-state index in [2.05, 4.69) is 4.98 Å². The second-order valence-corrected chi connectivity index (χ2v) is 5.10. The van der Waals surface area contributed by atoms with E-state index in [9.17, 15) is 14.9 Å². The lowest BCUT2D eigenvalue weighted by Crippen LogP contribution is -2.08. The van der Waals surface area contributed by atoms with Gasteiger partial charge in [0.2, 0.25) is 0 Å². The first-order chi connectivity index (χ1) is 10.9. The summed E-state index contributed by atoms with van der Waals surface area (Å²) < 4.78 is 5.07. The Labute approximate surface area is 133 Å². The van der Waals surface area contributed by atoms with E-state index >= 15 is 0 Å². The smallest absolute Gasteiger partial charge is 0.339 e. The number of H-pyrrole nitrogens is 1. The maximum Gasteiger partial charge on any atom is 0.339 e. The number of nitro benzene ring substituents is 1. The van der Waals surface area contributed by atoms with Crippen LogP contribution in [0, 0.1) is 24.0 Å². The molecule has 2 aromatic rings. The molecule has 120 valence electrons. The summed E-state index contributed by atoms with van der Waals surface area (Å²) in [7, 11) is 0. The molecule has 0 unspecified atom stereocenters. The van der Waals surface area contributed by atoms with Crippen LogP contribution < -0.4 is 0 Å². The van der Waals surface area contributed by atoms with Crippen molar-refractivity contribution in [3.05, 3.63) is 63.0 Å². The van der Waals surface area contributed by atoms with Crippen LogP contribution in [-0.2, 0) is 9.53 Å². The van der Waals surface area contributed by atoms with Gasteiger partial charge >= 0.3 is 5.97 Å². The SMILES string of the molecule is CCOC(=O)/C(=C\c1[nH]c(C)cc1C)c1ccccc1[N+](=O)[O-]. The van der Waals surface area contributed by atoms with E-state index in [-0.39, 0.29) is 23.4 Å². The molecule has 1 aromatic heterocycles. The van der Waals surface area contributed by atoms with E-state index < -0.39 is 10.9 Å². The number of benzene rings is 1.